The molecule has 1 fully saturated rings. The van der Waals surface area contributed by atoms with Crippen LogP contribution in [0.4, 0.5) is 5.95 Å². The molecule has 11 nitrogen and oxygen atoms in total. The summed E-state index contributed by atoms with van der Waals surface area (Å²) in [6, 6.07) is -0.825. The zero-order valence-electron chi connectivity index (χ0n) is 18.6. The number of hydrogen-bond donors (Lipinski definition) is 2. The molecular formula is C19H25IN6O5SSi. The van der Waals surface area contributed by atoms with Gasteiger partial charge in [-0.1, -0.05) is 27.7 Å². The summed E-state index contributed by atoms with van der Waals surface area (Å²) < 4.78 is 6.26. The fraction of sp³-hybridized carbons (Fsp3) is 0.474. The number of halogens is 1. The number of carbonyl (C=O) groups is 3. The fourth-order valence-corrected chi connectivity index (χ4v) is 6.12. The van der Waals surface area contributed by atoms with Crippen LogP contribution >= 0.6 is 34.4 Å². The van der Waals surface area contributed by atoms with Gasteiger partial charge in [0.25, 0.3) is 11.8 Å². The van der Waals surface area contributed by atoms with Crippen molar-refractivity contribution in [2.45, 2.75) is 38.0 Å². The van der Waals surface area contributed by atoms with Crippen LogP contribution < -0.4 is 11.1 Å². The highest BCUT2D eigenvalue weighted by Crippen LogP contribution is 2.41. The van der Waals surface area contributed by atoms with E-state index in [1.165, 1.54) is 29.1 Å². The summed E-state index contributed by atoms with van der Waals surface area (Å²) in [5.41, 5.74) is 6.87. The van der Waals surface area contributed by atoms with Crippen molar-refractivity contribution in [2.75, 3.05) is 22.5 Å². The van der Waals surface area contributed by atoms with Crippen LogP contribution in [0.5, 0.6) is 0 Å². The maximum absolute atomic E-state index is 13.0. The molecule has 1 saturated heterocycles. The van der Waals surface area contributed by atoms with Gasteiger partial charge >= 0.3 is 5.97 Å². The van der Waals surface area contributed by atoms with Crippen LogP contribution in [0.15, 0.2) is 28.8 Å². The molecule has 3 heterocycles. The summed E-state index contributed by atoms with van der Waals surface area (Å²) in [6.07, 6.45) is 2.70. The predicted octanol–water partition coefficient (Wildman–Crippen LogP) is 1.27. The van der Waals surface area contributed by atoms with Gasteiger partial charge in [-0.15, -0.1) is 11.8 Å². The molecule has 0 aromatic carbocycles. The summed E-state index contributed by atoms with van der Waals surface area (Å²) in [5.74, 6) is -0.873. The van der Waals surface area contributed by atoms with Gasteiger partial charge in [0, 0.05) is 28.1 Å². The maximum Gasteiger partial charge on any atom is 0.341 e. The van der Waals surface area contributed by atoms with Crippen LogP contribution in [0.25, 0.3) is 0 Å². The minimum Gasteiger partial charge on any atom is -0.515 e. The molecule has 0 bridgehead atoms. The zero-order chi connectivity index (χ0) is 24.3. The second-order valence-electron chi connectivity index (χ2n) is 8.14. The van der Waals surface area contributed by atoms with E-state index in [0.29, 0.717) is 21.4 Å². The minimum atomic E-state index is -2.16. The van der Waals surface area contributed by atoms with E-state index in [-0.39, 0.29) is 24.2 Å². The van der Waals surface area contributed by atoms with E-state index in [1.54, 1.807) is 6.92 Å². The number of β-lactam (4-membered cyclic amide) rings is 1. The molecule has 0 saturated carbocycles. The third-order valence-corrected chi connectivity index (χ3v) is 7.59. The smallest absolute Gasteiger partial charge is 0.341 e. The van der Waals surface area contributed by atoms with Crippen LogP contribution in [0.3, 0.4) is 0 Å². The van der Waals surface area contributed by atoms with E-state index in [1.807, 2.05) is 19.6 Å². The Morgan fingerprint density at radius 1 is 1.36 bits per heavy atom. The summed E-state index contributed by atoms with van der Waals surface area (Å²) in [7, 11) is -2.16. The van der Waals surface area contributed by atoms with Gasteiger partial charge in [-0.3, -0.25) is 14.5 Å². The first-order chi connectivity index (χ1) is 15.6. The number of carbonyl (C=O) groups excluding carboxylic acids is 3. The number of thioether (sulfide) groups is 1. The molecule has 3 rings (SSSR count). The fourth-order valence-electron chi connectivity index (χ4n) is 3.13. The molecule has 1 aromatic rings. The Labute approximate surface area is 210 Å². The van der Waals surface area contributed by atoms with E-state index in [2.05, 4.69) is 43.0 Å². The van der Waals surface area contributed by atoms with Crippen LogP contribution in [-0.2, 0) is 23.6 Å². The monoisotopic (exact) mass is 604 g/mol. The molecule has 2 atom stereocenters. The number of amides is 2. The van der Waals surface area contributed by atoms with Crippen molar-refractivity contribution in [1.29, 1.82) is 0 Å². The lowest BCUT2D eigenvalue weighted by Crippen LogP contribution is -2.71. The first-order valence-corrected chi connectivity index (χ1v) is 16.1. The largest absolute Gasteiger partial charge is 0.515 e. The zero-order valence-corrected chi connectivity index (χ0v) is 22.6. The molecule has 14 heteroatoms. The van der Waals surface area contributed by atoms with Crippen LogP contribution in [0.1, 0.15) is 12.5 Å². The number of rotatable bonds is 8. The average Bonchev–Trinajstić information content (AvgIpc) is 2.76. The van der Waals surface area contributed by atoms with Crippen LogP contribution in [0.2, 0.25) is 19.6 Å². The van der Waals surface area contributed by atoms with Crippen molar-refractivity contribution < 1.29 is 23.6 Å². The lowest BCUT2D eigenvalue weighted by molar-refractivity contribution is -0.149. The number of nitrogen functional groups attached to an aromatic ring is 1. The molecule has 0 radical (unpaired) electrons. The second-order valence-corrected chi connectivity index (χ2v) is 14.4. The Hall–Kier alpha value is -2.20. The number of anilines is 1. The number of nitrogens with two attached hydrogens (primary N) is 1. The number of oxime groups is 1. The Kier molecular flexibility index (Phi) is 7.99. The Balaban J connectivity index is 1.80. The van der Waals surface area contributed by atoms with Crippen molar-refractivity contribution >= 4 is 72.1 Å². The van der Waals surface area contributed by atoms with E-state index >= 15 is 0 Å². The van der Waals surface area contributed by atoms with Crippen LogP contribution in [-0.4, -0.2) is 74.9 Å². The average molecular weight is 605 g/mol. The van der Waals surface area contributed by atoms with Crippen molar-refractivity contribution in [3.8, 4) is 0 Å². The van der Waals surface area contributed by atoms with E-state index in [0.717, 1.165) is 5.57 Å². The van der Waals surface area contributed by atoms with Crippen molar-refractivity contribution in [3.05, 3.63) is 29.2 Å². The molecule has 1 aromatic heterocycles. The van der Waals surface area contributed by atoms with E-state index in [4.69, 9.17) is 15.0 Å². The van der Waals surface area contributed by atoms with Gasteiger partial charge in [-0.05, 0) is 32.1 Å². The van der Waals surface area contributed by atoms with Gasteiger partial charge in [-0.25, -0.2) is 14.8 Å². The third-order valence-electron chi connectivity index (χ3n) is 4.53. The van der Waals surface area contributed by atoms with Gasteiger partial charge in [0.15, 0.2) is 5.71 Å². The maximum atomic E-state index is 13.0. The topological polar surface area (TPSA) is 149 Å². The molecule has 1 unspecified atom stereocenters. The Bertz CT molecular complexity index is 1010. The van der Waals surface area contributed by atoms with E-state index in [9.17, 15) is 14.4 Å². The predicted molar refractivity (Wildman–Crippen MR) is 135 cm³/mol. The number of nitrogens with zero attached hydrogens (tertiary/aromatic N) is 4. The van der Waals surface area contributed by atoms with Crippen molar-refractivity contribution in [1.82, 2.24) is 20.2 Å². The summed E-state index contributed by atoms with van der Waals surface area (Å²) in [4.78, 5) is 53.2. The molecule has 2 amide bonds. The molecule has 2 aliphatic heterocycles. The molecule has 0 spiro atoms. The van der Waals surface area contributed by atoms with Gasteiger partial charge in [-0.2, -0.15) is 0 Å². The highest BCUT2D eigenvalue weighted by Gasteiger charge is 2.54. The molecule has 0 aliphatic carbocycles. The number of nitrogens with one attached hydrogen (secondary N) is 1. The molecular weight excluding hydrogens is 579 g/mol. The van der Waals surface area contributed by atoms with Crippen molar-refractivity contribution in [2.24, 2.45) is 5.16 Å². The van der Waals surface area contributed by atoms with Crippen molar-refractivity contribution in [3.63, 3.8) is 0 Å². The van der Waals surface area contributed by atoms with Crippen LogP contribution in [0, 0.1) is 0 Å². The second kappa shape index (κ2) is 10.4. The summed E-state index contributed by atoms with van der Waals surface area (Å²) in [5, 5.41) is 6.15. The molecule has 178 valence electrons. The van der Waals surface area contributed by atoms with Gasteiger partial charge in [0.2, 0.25) is 14.3 Å². The lowest BCUT2D eigenvalue weighted by Gasteiger charge is -2.50. The molecule has 3 N–H and O–H groups in total. The number of aromatic nitrogens is 2. The Morgan fingerprint density at radius 3 is 2.61 bits per heavy atom. The first-order valence-electron chi connectivity index (χ1n) is 10.1. The van der Waals surface area contributed by atoms with Gasteiger partial charge < -0.3 is 20.3 Å². The summed E-state index contributed by atoms with van der Waals surface area (Å²) in [6.45, 7) is 7.69. The number of fused-ring (bicyclic) bond motifs is 1. The number of hydrogen-bond acceptors (Lipinski definition) is 10. The van der Waals surface area contributed by atoms with Gasteiger partial charge in [0.1, 0.15) is 23.7 Å². The standard InChI is InChI=1S/C19H25IN6O5SSi/c1-5-30-25-12(11-7-22-19(21)23-8-11)15(27)24-13-16(28)26-14(18(29)31-33(2,3)4)10(6-20)9-32-17(13)26/h7-8,13,17H,5-6,9H2,1-4H3,(H,24,27)(H2,21,22,23)/t13?,17-/m0/s1. The van der Waals surface area contributed by atoms with Gasteiger partial charge in [0.05, 0.1) is 0 Å². The Morgan fingerprint density at radius 2 is 2.03 bits per heavy atom. The normalized spacial score (nSPS) is 20.7. The summed E-state index contributed by atoms with van der Waals surface area (Å²) >= 11 is 3.66. The highest BCUT2D eigenvalue weighted by molar-refractivity contribution is 14.1. The lowest BCUT2D eigenvalue weighted by atomic mass is 10.0. The van der Waals surface area contributed by atoms with E-state index < -0.39 is 31.6 Å². The molecule has 33 heavy (non-hydrogen) atoms. The SMILES string of the molecule is CCON=C(C(=O)NC1C(=O)N2C(C(=O)O[Si](C)(C)C)=C(CI)CS[C@@H]12)c1cnc(N)nc1. The molecule has 2 aliphatic rings. The minimum absolute atomic E-state index is 0.0499. The highest BCUT2D eigenvalue weighted by atomic mass is 127. The number of alkyl halides is 1. The first kappa shape index (κ1) is 25.4. The third kappa shape index (κ3) is 5.66. The quantitative estimate of drug-likeness (QED) is 0.112.